The lowest BCUT2D eigenvalue weighted by Gasteiger charge is -2.11. The summed E-state index contributed by atoms with van der Waals surface area (Å²) in [6.07, 6.45) is -3.90. The minimum absolute atomic E-state index is 0.00687. The Kier molecular flexibility index (Phi) is 6.30. The molecule has 34 heavy (non-hydrogen) atoms. The molecule has 0 atom stereocenters. The Morgan fingerprint density at radius 2 is 1.74 bits per heavy atom. The van der Waals surface area contributed by atoms with Gasteiger partial charge in [0, 0.05) is 18.0 Å². The first-order valence-corrected chi connectivity index (χ1v) is 10.4. The van der Waals surface area contributed by atoms with Crippen molar-refractivity contribution in [1.82, 2.24) is 14.8 Å². The fourth-order valence-electron chi connectivity index (χ4n) is 3.37. The molecule has 0 aliphatic heterocycles. The number of rotatable bonds is 5. The van der Waals surface area contributed by atoms with Gasteiger partial charge in [0.05, 0.1) is 27.5 Å². The molecule has 6 nitrogen and oxygen atoms in total. The number of anilines is 1. The number of nitrogens with zero attached hydrogens (tertiary/aromatic N) is 3. The van der Waals surface area contributed by atoms with Crippen LogP contribution in [0.2, 0.25) is 5.02 Å². The maximum absolute atomic E-state index is 13.0. The van der Waals surface area contributed by atoms with Crippen molar-refractivity contribution in [2.24, 2.45) is 0 Å². The van der Waals surface area contributed by atoms with Gasteiger partial charge in [-0.3, -0.25) is 4.79 Å². The number of pyridine rings is 1. The van der Waals surface area contributed by atoms with E-state index in [9.17, 15) is 18.0 Å². The molecule has 0 spiro atoms. The molecule has 0 fully saturated rings. The summed E-state index contributed by atoms with van der Waals surface area (Å²) in [6.45, 7) is 3.23. The lowest BCUT2D eigenvalue weighted by molar-refractivity contribution is -0.137. The van der Waals surface area contributed by atoms with Crippen molar-refractivity contribution in [2.75, 3.05) is 5.32 Å². The van der Waals surface area contributed by atoms with Crippen LogP contribution in [0, 0.1) is 13.8 Å². The van der Waals surface area contributed by atoms with E-state index >= 15 is 0 Å². The van der Waals surface area contributed by atoms with Crippen molar-refractivity contribution >= 4 is 23.2 Å². The van der Waals surface area contributed by atoms with Crippen LogP contribution < -0.4 is 10.1 Å². The minimum atomic E-state index is -4.58. The predicted octanol–water partition coefficient (Wildman–Crippen LogP) is 6.60. The highest BCUT2D eigenvalue weighted by molar-refractivity contribution is 6.32. The van der Waals surface area contributed by atoms with Gasteiger partial charge in [-0.15, -0.1) is 0 Å². The van der Waals surface area contributed by atoms with E-state index in [0.29, 0.717) is 34.8 Å². The number of carbonyl (C=O) groups is 1. The zero-order chi connectivity index (χ0) is 24.5. The Hall–Kier alpha value is -3.85. The second-order valence-electron chi connectivity index (χ2n) is 7.38. The molecule has 2 heterocycles. The number of aryl methyl sites for hydroxylation is 1. The van der Waals surface area contributed by atoms with Crippen molar-refractivity contribution in [1.29, 1.82) is 0 Å². The summed E-state index contributed by atoms with van der Waals surface area (Å²) in [6, 6.07) is 16.9. The largest absolute Gasteiger partial charge is 0.457 e. The number of carbonyl (C=O) groups excluding carboxylic acids is 1. The molecule has 0 bridgehead atoms. The van der Waals surface area contributed by atoms with Crippen molar-refractivity contribution in [3.8, 4) is 17.3 Å². The van der Waals surface area contributed by atoms with Gasteiger partial charge in [0.1, 0.15) is 11.5 Å². The summed E-state index contributed by atoms with van der Waals surface area (Å²) >= 11 is 6.06. The van der Waals surface area contributed by atoms with Gasteiger partial charge < -0.3 is 10.1 Å². The van der Waals surface area contributed by atoms with Gasteiger partial charge in [-0.1, -0.05) is 35.9 Å². The van der Waals surface area contributed by atoms with E-state index in [1.165, 1.54) is 4.68 Å². The third kappa shape index (κ3) is 4.89. The lowest BCUT2D eigenvalue weighted by Crippen LogP contribution is -2.14. The molecule has 0 saturated heterocycles. The summed E-state index contributed by atoms with van der Waals surface area (Å²) in [5.74, 6) is 0.738. The van der Waals surface area contributed by atoms with E-state index in [-0.39, 0.29) is 16.4 Å². The fourth-order valence-corrected chi connectivity index (χ4v) is 3.62. The van der Waals surface area contributed by atoms with Crippen LogP contribution in [-0.4, -0.2) is 20.7 Å². The average Bonchev–Trinajstić information content (AvgIpc) is 3.07. The van der Waals surface area contributed by atoms with E-state index in [1.807, 2.05) is 30.3 Å². The molecule has 174 valence electrons. The molecule has 2 aromatic heterocycles. The molecule has 1 N–H and O–H groups in total. The maximum atomic E-state index is 13.0. The van der Waals surface area contributed by atoms with E-state index in [1.54, 1.807) is 38.1 Å². The van der Waals surface area contributed by atoms with Crippen LogP contribution in [0.5, 0.6) is 11.5 Å². The smallest absolute Gasteiger partial charge is 0.417 e. The molecule has 10 heteroatoms. The lowest BCUT2D eigenvalue weighted by atomic mass is 10.1. The monoisotopic (exact) mass is 486 g/mol. The number of para-hydroxylation sites is 1. The molecule has 4 aromatic rings. The highest BCUT2D eigenvalue weighted by Crippen LogP contribution is 2.32. The number of hydrogen-bond acceptors (Lipinski definition) is 4. The van der Waals surface area contributed by atoms with Crippen LogP contribution in [0.3, 0.4) is 0 Å². The van der Waals surface area contributed by atoms with E-state index in [4.69, 9.17) is 16.3 Å². The molecule has 0 unspecified atom stereocenters. The Labute approximate surface area is 198 Å². The Balaban J connectivity index is 1.58. The Bertz CT molecular complexity index is 1350. The zero-order valence-electron chi connectivity index (χ0n) is 18.0. The molecule has 0 aliphatic carbocycles. The number of amides is 1. The summed E-state index contributed by atoms with van der Waals surface area (Å²) < 4.78 is 45.8. The van der Waals surface area contributed by atoms with Crippen LogP contribution in [0.4, 0.5) is 18.9 Å². The van der Waals surface area contributed by atoms with Crippen LogP contribution in [-0.2, 0) is 6.18 Å². The van der Waals surface area contributed by atoms with E-state index in [2.05, 4.69) is 15.4 Å². The van der Waals surface area contributed by atoms with Gasteiger partial charge in [0.2, 0.25) is 0 Å². The van der Waals surface area contributed by atoms with Gasteiger partial charge in [0.25, 0.3) is 5.91 Å². The number of benzene rings is 2. The molecule has 0 saturated carbocycles. The fraction of sp³-hybridized carbons (Fsp3) is 0.125. The van der Waals surface area contributed by atoms with Crippen LogP contribution in [0.15, 0.2) is 66.9 Å². The third-order valence-corrected chi connectivity index (χ3v) is 5.22. The predicted molar refractivity (Wildman–Crippen MR) is 122 cm³/mol. The highest BCUT2D eigenvalue weighted by atomic mass is 35.5. The molecule has 1 amide bonds. The summed E-state index contributed by atoms with van der Waals surface area (Å²) in [4.78, 5) is 16.9. The number of hydrogen-bond donors (Lipinski definition) is 1. The van der Waals surface area contributed by atoms with Gasteiger partial charge in [-0.05, 0) is 44.2 Å². The van der Waals surface area contributed by atoms with Gasteiger partial charge in [0.15, 0.2) is 5.82 Å². The molecule has 2 aromatic carbocycles. The summed E-state index contributed by atoms with van der Waals surface area (Å²) in [7, 11) is 0. The first kappa shape index (κ1) is 23.3. The summed E-state index contributed by atoms with van der Waals surface area (Å²) in [5, 5.41) is 6.83. The van der Waals surface area contributed by atoms with Crippen LogP contribution in [0.25, 0.3) is 5.82 Å². The highest BCUT2D eigenvalue weighted by Gasteiger charge is 2.32. The Morgan fingerprint density at radius 3 is 2.41 bits per heavy atom. The molecular weight excluding hydrogens is 469 g/mol. The van der Waals surface area contributed by atoms with Gasteiger partial charge in [-0.25, -0.2) is 9.67 Å². The first-order valence-electron chi connectivity index (χ1n) is 10.1. The molecular formula is C24H18ClF3N4O2. The zero-order valence-corrected chi connectivity index (χ0v) is 18.8. The quantitative estimate of drug-likeness (QED) is 0.345. The minimum Gasteiger partial charge on any atom is -0.457 e. The van der Waals surface area contributed by atoms with E-state index in [0.717, 1.165) is 6.07 Å². The SMILES string of the molecule is Cc1nn(-c2ncc(C(F)(F)F)cc2Cl)c(C)c1C(=O)Nc1cccc(Oc2ccccc2)c1. The second-order valence-corrected chi connectivity index (χ2v) is 7.79. The Morgan fingerprint density at radius 1 is 1.03 bits per heavy atom. The average molecular weight is 487 g/mol. The van der Waals surface area contributed by atoms with Crippen molar-refractivity contribution in [2.45, 2.75) is 20.0 Å². The van der Waals surface area contributed by atoms with E-state index < -0.39 is 17.6 Å². The number of ether oxygens (including phenoxy) is 1. The standard InChI is InChI=1S/C24H18ClF3N4O2/c1-14-21(15(2)32(31-14)22-20(25)11-16(13-29-22)24(26,27)28)23(33)30-17-7-6-10-19(12-17)34-18-8-4-3-5-9-18/h3-13H,1-2H3,(H,30,33). The normalized spacial score (nSPS) is 11.4. The first-order chi connectivity index (χ1) is 16.1. The maximum Gasteiger partial charge on any atom is 0.417 e. The topological polar surface area (TPSA) is 69.0 Å². The number of halogens is 4. The number of alkyl halides is 3. The van der Waals surface area contributed by atoms with Crippen molar-refractivity contribution in [3.63, 3.8) is 0 Å². The van der Waals surface area contributed by atoms with Crippen LogP contribution >= 0.6 is 11.6 Å². The van der Waals surface area contributed by atoms with Crippen LogP contribution in [0.1, 0.15) is 27.3 Å². The third-order valence-electron chi connectivity index (χ3n) is 4.94. The van der Waals surface area contributed by atoms with Crippen molar-refractivity contribution in [3.05, 3.63) is 94.4 Å². The molecule has 4 rings (SSSR count). The van der Waals surface area contributed by atoms with Gasteiger partial charge in [-0.2, -0.15) is 18.3 Å². The number of nitrogens with one attached hydrogen (secondary N) is 1. The summed E-state index contributed by atoms with van der Waals surface area (Å²) in [5.41, 5.74) is 0.520. The molecule has 0 aliphatic rings. The second kappa shape index (κ2) is 9.18. The molecule has 0 radical (unpaired) electrons. The number of aromatic nitrogens is 3. The van der Waals surface area contributed by atoms with Crippen molar-refractivity contribution < 1.29 is 22.7 Å². The van der Waals surface area contributed by atoms with Gasteiger partial charge >= 0.3 is 6.18 Å².